The zero-order valence-electron chi connectivity index (χ0n) is 18.5. The summed E-state index contributed by atoms with van der Waals surface area (Å²) in [6.07, 6.45) is 2.14. The van der Waals surface area contributed by atoms with E-state index < -0.39 is 0 Å². The van der Waals surface area contributed by atoms with Crippen LogP contribution < -0.4 is 14.2 Å². The van der Waals surface area contributed by atoms with E-state index >= 15 is 0 Å². The molecule has 33 heavy (non-hydrogen) atoms. The number of ether oxygens (including phenoxy) is 3. The fourth-order valence-electron chi connectivity index (χ4n) is 3.23. The van der Waals surface area contributed by atoms with Crippen LogP contribution in [0.1, 0.15) is 17.5 Å². The summed E-state index contributed by atoms with van der Waals surface area (Å²) in [5.41, 5.74) is 4.56. The van der Waals surface area contributed by atoms with Crippen LogP contribution in [0.25, 0.3) is 11.3 Å². The van der Waals surface area contributed by atoms with E-state index in [0.717, 1.165) is 11.3 Å². The first-order valence-electron chi connectivity index (χ1n) is 10.2. The second-order valence-corrected chi connectivity index (χ2v) is 9.20. The van der Waals surface area contributed by atoms with Crippen LogP contribution in [0, 0.1) is 13.8 Å². The van der Waals surface area contributed by atoms with Gasteiger partial charge in [0.1, 0.15) is 16.8 Å². The van der Waals surface area contributed by atoms with Crippen molar-refractivity contribution in [2.24, 2.45) is 7.05 Å². The molecule has 2 aromatic carbocycles. The van der Waals surface area contributed by atoms with Gasteiger partial charge < -0.3 is 14.2 Å². The van der Waals surface area contributed by atoms with Crippen LogP contribution >= 0.6 is 46.4 Å². The van der Waals surface area contributed by atoms with Crippen LogP contribution in [0.2, 0.25) is 10.0 Å². The van der Waals surface area contributed by atoms with Gasteiger partial charge in [-0.3, -0.25) is 4.68 Å². The van der Waals surface area contributed by atoms with Crippen molar-refractivity contribution in [3.8, 4) is 28.6 Å². The van der Waals surface area contributed by atoms with Crippen LogP contribution in [0.15, 0.2) is 47.0 Å². The normalized spacial score (nSPS) is 10.8. The monoisotopic (exact) mass is 528 g/mol. The Hall–Kier alpha value is -2.05. The van der Waals surface area contributed by atoms with E-state index in [2.05, 4.69) is 37.1 Å². The Labute approximate surface area is 213 Å². The molecule has 0 fully saturated rings. The van der Waals surface area contributed by atoms with Crippen LogP contribution in [0.3, 0.4) is 0 Å². The Morgan fingerprint density at radius 3 is 2.33 bits per heavy atom. The summed E-state index contributed by atoms with van der Waals surface area (Å²) in [5, 5.41) is 5.16. The lowest BCUT2D eigenvalue weighted by Gasteiger charge is -2.12. The molecule has 0 aliphatic heterocycles. The second kappa shape index (κ2) is 11.9. The lowest BCUT2D eigenvalue weighted by Crippen LogP contribution is -2.06. The first kappa shape index (κ1) is 25.6. The van der Waals surface area contributed by atoms with Crippen molar-refractivity contribution >= 4 is 46.4 Å². The topological polar surface area (TPSA) is 45.5 Å². The van der Waals surface area contributed by atoms with Gasteiger partial charge in [-0.2, -0.15) is 0 Å². The smallest absolute Gasteiger partial charge is 0.233 e. The fourth-order valence-corrected chi connectivity index (χ4v) is 3.94. The first-order chi connectivity index (χ1) is 15.7. The van der Waals surface area contributed by atoms with E-state index in [0.29, 0.717) is 47.1 Å². The number of hydrogen-bond acceptors (Lipinski definition) is 4. The summed E-state index contributed by atoms with van der Waals surface area (Å²) in [6, 6.07) is 11.5. The maximum Gasteiger partial charge on any atom is 0.233 e. The van der Waals surface area contributed by atoms with Crippen molar-refractivity contribution in [3.05, 3.63) is 68.1 Å². The summed E-state index contributed by atoms with van der Waals surface area (Å²) >= 11 is 23.7. The zero-order valence-corrected chi connectivity index (χ0v) is 21.5. The lowest BCUT2D eigenvalue weighted by atomic mass is 10.0. The molecule has 0 unspecified atom stereocenters. The molecular formula is C24H24Cl4N2O3. The number of benzene rings is 2. The van der Waals surface area contributed by atoms with Crippen LogP contribution in [-0.2, 0) is 7.05 Å². The molecule has 1 aromatic heterocycles. The van der Waals surface area contributed by atoms with Crippen molar-refractivity contribution in [3.63, 3.8) is 0 Å². The Bertz CT molecular complexity index is 1120. The standard InChI is InChI=1S/C24H24Cl4N2O3/c1-15-5-6-18(16(2)11-15)21-14-23(29-30(21)3)32-8-4-9-33-24-19(25)12-17(13-20(24)26)31-10-7-22(27)28/h5-7,11-14H,4,8-10H2,1-3H3. The van der Waals surface area contributed by atoms with Crippen LogP contribution in [0.4, 0.5) is 0 Å². The van der Waals surface area contributed by atoms with Crippen molar-refractivity contribution in [1.82, 2.24) is 9.78 Å². The minimum atomic E-state index is 0.126. The summed E-state index contributed by atoms with van der Waals surface area (Å²) in [7, 11) is 1.91. The van der Waals surface area contributed by atoms with E-state index in [1.807, 2.05) is 17.8 Å². The van der Waals surface area contributed by atoms with E-state index in [4.69, 9.17) is 60.6 Å². The molecule has 176 valence electrons. The van der Waals surface area contributed by atoms with E-state index in [1.54, 1.807) is 12.1 Å². The predicted molar refractivity (Wildman–Crippen MR) is 135 cm³/mol. The van der Waals surface area contributed by atoms with Crippen molar-refractivity contribution in [2.75, 3.05) is 19.8 Å². The maximum atomic E-state index is 6.28. The third-order valence-corrected chi connectivity index (χ3v) is 5.63. The highest BCUT2D eigenvalue weighted by molar-refractivity contribution is 6.55. The van der Waals surface area contributed by atoms with Gasteiger partial charge in [-0.25, -0.2) is 0 Å². The van der Waals surface area contributed by atoms with Gasteiger partial charge >= 0.3 is 0 Å². The highest BCUT2D eigenvalue weighted by Crippen LogP contribution is 2.37. The molecule has 0 radical (unpaired) electrons. The Morgan fingerprint density at radius 1 is 0.970 bits per heavy atom. The maximum absolute atomic E-state index is 6.28. The third-order valence-electron chi connectivity index (χ3n) is 4.76. The van der Waals surface area contributed by atoms with Gasteiger partial charge in [0, 0.05) is 37.2 Å². The van der Waals surface area contributed by atoms with Gasteiger partial charge in [-0.05, 0) is 25.5 Å². The lowest BCUT2D eigenvalue weighted by molar-refractivity contribution is 0.241. The molecule has 0 atom stereocenters. The quantitative estimate of drug-likeness (QED) is 0.254. The molecule has 9 heteroatoms. The molecule has 0 saturated heterocycles. The summed E-state index contributed by atoms with van der Waals surface area (Å²) < 4.78 is 19.0. The highest BCUT2D eigenvalue weighted by atomic mass is 35.5. The molecular weight excluding hydrogens is 506 g/mol. The molecule has 0 saturated carbocycles. The number of rotatable bonds is 10. The number of hydrogen-bond donors (Lipinski definition) is 0. The Balaban J connectivity index is 1.50. The second-order valence-electron chi connectivity index (χ2n) is 7.38. The van der Waals surface area contributed by atoms with E-state index in [9.17, 15) is 0 Å². The molecule has 0 amide bonds. The Kier molecular flexibility index (Phi) is 9.21. The molecule has 1 heterocycles. The fraction of sp³-hybridized carbons (Fsp3) is 0.292. The van der Waals surface area contributed by atoms with E-state index in [1.165, 1.54) is 17.2 Å². The van der Waals surface area contributed by atoms with Crippen molar-refractivity contribution in [1.29, 1.82) is 0 Å². The Morgan fingerprint density at radius 2 is 1.67 bits per heavy atom. The average molecular weight is 530 g/mol. The summed E-state index contributed by atoms with van der Waals surface area (Å²) in [6.45, 7) is 5.18. The number of aryl methyl sites for hydroxylation is 3. The van der Waals surface area contributed by atoms with Crippen molar-refractivity contribution in [2.45, 2.75) is 20.3 Å². The molecule has 0 N–H and O–H groups in total. The van der Waals surface area contributed by atoms with Crippen LogP contribution in [-0.4, -0.2) is 29.6 Å². The number of halogens is 4. The van der Waals surface area contributed by atoms with E-state index in [-0.39, 0.29) is 11.1 Å². The first-order valence-corrected chi connectivity index (χ1v) is 11.8. The largest absolute Gasteiger partial charge is 0.490 e. The van der Waals surface area contributed by atoms with Gasteiger partial charge in [0.15, 0.2) is 5.75 Å². The van der Waals surface area contributed by atoms with Gasteiger partial charge in [0.05, 0.1) is 29.0 Å². The molecule has 5 nitrogen and oxygen atoms in total. The van der Waals surface area contributed by atoms with Gasteiger partial charge in [0.2, 0.25) is 5.88 Å². The number of aromatic nitrogens is 2. The molecule has 3 aromatic rings. The van der Waals surface area contributed by atoms with Gasteiger partial charge in [-0.15, -0.1) is 5.10 Å². The van der Waals surface area contributed by atoms with Crippen molar-refractivity contribution < 1.29 is 14.2 Å². The summed E-state index contributed by atoms with van der Waals surface area (Å²) in [4.78, 5) is 0. The summed E-state index contributed by atoms with van der Waals surface area (Å²) in [5.74, 6) is 1.45. The predicted octanol–water partition coefficient (Wildman–Crippen LogP) is 7.56. The molecule has 0 spiro atoms. The SMILES string of the molecule is Cc1ccc(-c2cc(OCCCOc3c(Cl)cc(OCC=C(Cl)Cl)cc3Cl)nn2C)c(C)c1. The average Bonchev–Trinajstić information content (AvgIpc) is 3.09. The van der Waals surface area contributed by atoms with Gasteiger partial charge in [-0.1, -0.05) is 70.2 Å². The molecule has 0 aliphatic rings. The molecule has 0 bridgehead atoms. The zero-order chi connectivity index (χ0) is 24.0. The number of nitrogens with zero attached hydrogens (tertiary/aromatic N) is 2. The van der Waals surface area contributed by atoms with Crippen LogP contribution in [0.5, 0.6) is 17.4 Å². The van der Waals surface area contributed by atoms with Gasteiger partial charge in [0.25, 0.3) is 0 Å². The highest BCUT2D eigenvalue weighted by Gasteiger charge is 2.12. The molecule has 3 rings (SSSR count). The molecule has 0 aliphatic carbocycles. The minimum Gasteiger partial charge on any atom is -0.490 e. The minimum absolute atomic E-state index is 0.126. The third kappa shape index (κ3) is 7.21.